The Morgan fingerprint density at radius 2 is 2.18 bits per heavy atom. The highest BCUT2D eigenvalue weighted by Gasteiger charge is 2.22. The van der Waals surface area contributed by atoms with Gasteiger partial charge < -0.3 is 15.2 Å². The third-order valence-electron chi connectivity index (χ3n) is 3.78. The van der Waals surface area contributed by atoms with Crippen molar-refractivity contribution < 1.29 is 14.6 Å². The molecule has 1 aromatic carbocycles. The minimum Gasteiger partial charge on any atom is -0.478 e. The molecule has 116 valence electrons. The number of fused-ring (bicyclic) bond motifs is 1. The minimum atomic E-state index is -0.923. The fourth-order valence-electron chi connectivity index (χ4n) is 2.69. The molecule has 1 aliphatic rings. The summed E-state index contributed by atoms with van der Waals surface area (Å²) in [4.78, 5) is 10.9. The van der Waals surface area contributed by atoms with Gasteiger partial charge in [-0.1, -0.05) is 0 Å². The van der Waals surface area contributed by atoms with Crippen molar-refractivity contribution in [2.24, 2.45) is 0 Å². The molecule has 2 N–H and O–H groups in total. The van der Waals surface area contributed by atoms with Crippen LogP contribution in [0.1, 0.15) is 28.5 Å². The van der Waals surface area contributed by atoms with Crippen LogP contribution in [0.5, 0.6) is 0 Å². The van der Waals surface area contributed by atoms with Crippen LogP contribution in [-0.2, 0) is 17.6 Å². The second-order valence-electron chi connectivity index (χ2n) is 5.16. The van der Waals surface area contributed by atoms with E-state index in [2.05, 4.69) is 10.4 Å². The van der Waals surface area contributed by atoms with Crippen molar-refractivity contribution in [1.29, 1.82) is 0 Å². The van der Waals surface area contributed by atoms with E-state index in [0.717, 1.165) is 36.6 Å². The Labute approximate surface area is 128 Å². The molecule has 0 unspecified atom stereocenters. The standard InChI is InChI=1S/C16H19N3O3/c1-2-22-10-8-14-13-7-9-17-15(13)19(18-14)12-5-3-11(4-6-12)16(20)21/h3-6,17H,2,7-10H2,1H3,(H,20,21). The van der Waals surface area contributed by atoms with Crippen LogP contribution < -0.4 is 5.32 Å². The van der Waals surface area contributed by atoms with E-state index in [4.69, 9.17) is 9.84 Å². The van der Waals surface area contributed by atoms with Gasteiger partial charge in [0.1, 0.15) is 5.82 Å². The number of nitrogens with one attached hydrogen (secondary N) is 1. The summed E-state index contributed by atoms with van der Waals surface area (Å²) in [7, 11) is 0. The predicted molar refractivity (Wildman–Crippen MR) is 82.9 cm³/mol. The zero-order chi connectivity index (χ0) is 15.5. The van der Waals surface area contributed by atoms with Crippen molar-refractivity contribution in [1.82, 2.24) is 9.78 Å². The number of nitrogens with zero attached hydrogens (tertiary/aromatic N) is 2. The number of aromatic nitrogens is 2. The van der Waals surface area contributed by atoms with Crippen molar-refractivity contribution in [3.63, 3.8) is 0 Å². The Morgan fingerprint density at radius 3 is 2.86 bits per heavy atom. The maximum Gasteiger partial charge on any atom is 0.335 e. The number of aromatic carboxylic acids is 1. The molecule has 22 heavy (non-hydrogen) atoms. The number of hydrogen-bond acceptors (Lipinski definition) is 4. The van der Waals surface area contributed by atoms with Gasteiger partial charge in [-0.2, -0.15) is 5.10 Å². The molecule has 0 spiro atoms. The van der Waals surface area contributed by atoms with E-state index in [1.54, 1.807) is 24.3 Å². The number of hydrogen-bond donors (Lipinski definition) is 2. The van der Waals surface area contributed by atoms with Crippen molar-refractivity contribution >= 4 is 11.8 Å². The summed E-state index contributed by atoms with van der Waals surface area (Å²) in [5.74, 6) is 0.0855. The van der Waals surface area contributed by atoms with E-state index >= 15 is 0 Å². The third-order valence-corrected chi connectivity index (χ3v) is 3.78. The zero-order valence-electron chi connectivity index (χ0n) is 12.5. The van der Waals surface area contributed by atoms with Crippen LogP contribution in [-0.4, -0.2) is 40.6 Å². The summed E-state index contributed by atoms with van der Waals surface area (Å²) in [6.07, 6.45) is 1.75. The second-order valence-corrected chi connectivity index (χ2v) is 5.16. The highest BCUT2D eigenvalue weighted by Crippen LogP contribution is 2.29. The van der Waals surface area contributed by atoms with Gasteiger partial charge in [0.25, 0.3) is 0 Å². The Morgan fingerprint density at radius 1 is 1.41 bits per heavy atom. The van der Waals surface area contributed by atoms with Gasteiger partial charge in [-0.3, -0.25) is 0 Å². The molecule has 0 saturated carbocycles. The Bertz CT molecular complexity index is 677. The quantitative estimate of drug-likeness (QED) is 0.799. The lowest BCUT2D eigenvalue weighted by Crippen LogP contribution is -2.06. The molecule has 0 saturated heterocycles. The minimum absolute atomic E-state index is 0.275. The number of carbonyl (C=O) groups is 1. The first-order valence-electron chi connectivity index (χ1n) is 7.47. The Kier molecular flexibility index (Phi) is 4.11. The summed E-state index contributed by atoms with van der Waals surface area (Å²) in [5, 5.41) is 17.0. The fourth-order valence-corrected chi connectivity index (χ4v) is 2.69. The largest absolute Gasteiger partial charge is 0.478 e. The van der Waals surface area contributed by atoms with Crippen LogP contribution in [0.15, 0.2) is 24.3 Å². The van der Waals surface area contributed by atoms with Crippen LogP contribution in [0.2, 0.25) is 0 Å². The second kappa shape index (κ2) is 6.19. The number of carboxylic acids is 1. The van der Waals surface area contributed by atoms with Crippen molar-refractivity contribution in [3.05, 3.63) is 41.1 Å². The first-order valence-corrected chi connectivity index (χ1v) is 7.47. The topological polar surface area (TPSA) is 76.4 Å². The SMILES string of the molecule is CCOCCc1nn(-c2ccc(C(=O)O)cc2)c2c1CCN2. The van der Waals surface area contributed by atoms with Crippen molar-refractivity contribution in [2.75, 3.05) is 25.1 Å². The van der Waals surface area contributed by atoms with Gasteiger partial charge in [0.05, 0.1) is 23.6 Å². The van der Waals surface area contributed by atoms with Crippen LogP contribution in [0, 0.1) is 0 Å². The molecule has 3 rings (SSSR count). The number of ether oxygens (including phenoxy) is 1. The zero-order valence-corrected chi connectivity index (χ0v) is 12.5. The lowest BCUT2D eigenvalue weighted by atomic mass is 10.1. The third kappa shape index (κ3) is 2.69. The molecular weight excluding hydrogens is 282 g/mol. The molecule has 2 heterocycles. The van der Waals surface area contributed by atoms with Crippen LogP contribution in [0.25, 0.3) is 5.69 Å². The maximum atomic E-state index is 10.9. The molecule has 0 amide bonds. The molecule has 1 aliphatic heterocycles. The highest BCUT2D eigenvalue weighted by molar-refractivity contribution is 5.87. The Hall–Kier alpha value is -2.34. The summed E-state index contributed by atoms with van der Waals surface area (Å²) < 4.78 is 7.28. The number of anilines is 1. The van der Waals surface area contributed by atoms with Gasteiger partial charge in [0.2, 0.25) is 0 Å². The van der Waals surface area contributed by atoms with Gasteiger partial charge in [-0.15, -0.1) is 0 Å². The van der Waals surface area contributed by atoms with Gasteiger partial charge in [-0.25, -0.2) is 9.48 Å². The van der Waals surface area contributed by atoms with E-state index in [0.29, 0.717) is 13.2 Å². The van der Waals surface area contributed by atoms with Gasteiger partial charge in [-0.05, 0) is 37.6 Å². The van der Waals surface area contributed by atoms with E-state index in [1.807, 2.05) is 11.6 Å². The predicted octanol–water partition coefficient (Wildman–Crippen LogP) is 2.12. The summed E-state index contributed by atoms with van der Waals surface area (Å²) in [5.41, 5.74) is 3.42. The highest BCUT2D eigenvalue weighted by atomic mass is 16.5. The number of benzene rings is 1. The number of rotatable bonds is 6. The molecule has 2 aromatic rings. The Balaban J connectivity index is 1.90. The summed E-state index contributed by atoms with van der Waals surface area (Å²) in [6, 6.07) is 6.76. The average Bonchev–Trinajstić information content (AvgIpc) is 3.11. The van der Waals surface area contributed by atoms with Crippen molar-refractivity contribution in [3.8, 4) is 5.69 Å². The van der Waals surface area contributed by atoms with E-state index in [1.165, 1.54) is 5.56 Å². The molecule has 0 atom stereocenters. The van der Waals surface area contributed by atoms with Crippen LogP contribution in [0.4, 0.5) is 5.82 Å². The van der Waals surface area contributed by atoms with Crippen LogP contribution in [0.3, 0.4) is 0 Å². The van der Waals surface area contributed by atoms with Crippen LogP contribution >= 0.6 is 0 Å². The lowest BCUT2D eigenvalue weighted by Gasteiger charge is -2.06. The normalized spacial score (nSPS) is 13.0. The van der Waals surface area contributed by atoms with Gasteiger partial charge in [0.15, 0.2) is 0 Å². The first-order chi connectivity index (χ1) is 10.7. The van der Waals surface area contributed by atoms with E-state index in [-0.39, 0.29) is 5.56 Å². The molecule has 0 radical (unpaired) electrons. The fraction of sp³-hybridized carbons (Fsp3) is 0.375. The van der Waals surface area contributed by atoms with Crippen molar-refractivity contribution in [2.45, 2.75) is 19.8 Å². The maximum absolute atomic E-state index is 10.9. The first kappa shape index (κ1) is 14.6. The molecular formula is C16H19N3O3. The molecule has 0 aliphatic carbocycles. The lowest BCUT2D eigenvalue weighted by molar-refractivity contribution is 0.0697. The molecule has 0 bridgehead atoms. The average molecular weight is 301 g/mol. The smallest absolute Gasteiger partial charge is 0.335 e. The molecule has 6 nitrogen and oxygen atoms in total. The molecule has 0 fully saturated rings. The molecule has 1 aromatic heterocycles. The monoisotopic (exact) mass is 301 g/mol. The summed E-state index contributed by atoms with van der Waals surface area (Å²) >= 11 is 0. The van der Waals surface area contributed by atoms with E-state index < -0.39 is 5.97 Å². The van der Waals surface area contributed by atoms with Gasteiger partial charge in [0, 0.05) is 25.1 Å². The van der Waals surface area contributed by atoms with Gasteiger partial charge >= 0.3 is 5.97 Å². The molecule has 6 heteroatoms. The summed E-state index contributed by atoms with van der Waals surface area (Å²) in [6.45, 7) is 4.26. The van der Waals surface area contributed by atoms with E-state index in [9.17, 15) is 4.79 Å². The number of carboxylic acid groups (broad SMARTS) is 1.